The molecule has 1 aliphatic carbocycles. The van der Waals surface area contributed by atoms with Crippen LogP contribution >= 0.6 is 0 Å². The van der Waals surface area contributed by atoms with Crippen LogP contribution in [0.4, 0.5) is 0 Å². The number of rotatable bonds is 9. The second kappa shape index (κ2) is 7.36. The second-order valence-electron chi connectivity index (χ2n) is 6.35. The molecule has 0 N–H and O–H groups in total. The summed E-state index contributed by atoms with van der Waals surface area (Å²) in [6, 6.07) is 0.933. The normalized spacial score (nSPS) is 25.6. The maximum atomic E-state index is 5.58. The summed E-state index contributed by atoms with van der Waals surface area (Å²) in [6.07, 6.45) is 11.1. The Hall–Kier alpha value is 0.0569. The highest BCUT2D eigenvalue weighted by molar-refractivity contribution is 6.60. The quantitative estimate of drug-likeness (QED) is 0.483. The zero-order chi connectivity index (χ0) is 14.5. The van der Waals surface area contributed by atoms with Gasteiger partial charge < -0.3 is 18.0 Å². The maximum Gasteiger partial charge on any atom is 0.500 e. The van der Waals surface area contributed by atoms with Gasteiger partial charge in [0.05, 0.1) is 12.7 Å². The highest BCUT2D eigenvalue weighted by atomic mass is 28.4. The monoisotopic (exact) mass is 302 g/mol. The van der Waals surface area contributed by atoms with Crippen LogP contribution < -0.4 is 0 Å². The molecule has 1 atom stereocenters. The predicted octanol–water partition coefficient (Wildman–Crippen LogP) is 3.38. The van der Waals surface area contributed by atoms with Crippen LogP contribution in [-0.2, 0) is 18.0 Å². The average Bonchev–Trinajstić information content (AvgIpc) is 3.33. The van der Waals surface area contributed by atoms with Gasteiger partial charge in [0.25, 0.3) is 0 Å². The van der Waals surface area contributed by atoms with Crippen molar-refractivity contribution in [3.8, 4) is 0 Å². The van der Waals surface area contributed by atoms with Crippen LogP contribution in [0.1, 0.15) is 51.4 Å². The van der Waals surface area contributed by atoms with Crippen molar-refractivity contribution < 1.29 is 18.0 Å². The molecule has 0 aromatic carbocycles. The zero-order valence-corrected chi connectivity index (χ0v) is 14.3. The summed E-state index contributed by atoms with van der Waals surface area (Å²) in [5.74, 6) is 0. The van der Waals surface area contributed by atoms with Crippen molar-refractivity contribution in [3.05, 3.63) is 0 Å². The number of hydrogen-bond donors (Lipinski definition) is 0. The Labute approximate surface area is 124 Å². The molecule has 2 fully saturated rings. The fraction of sp³-hybridized carbons (Fsp3) is 1.00. The molecule has 2 rings (SSSR count). The molecule has 2 aliphatic rings. The Balaban J connectivity index is 1.91. The minimum atomic E-state index is -2.42. The third kappa shape index (κ3) is 4.27. The molecule has 1 saturated heterocycles. The molecule has 1 saturated carbocycles. The summed E-state index contributed by atoms with van der Waals surface area (Å²) >= 11 is 0. The fourth-order valence-electron chi connectivity index (χ4n) is 3.60. The number of hydrogen-bond acceptors (Lipinski definition) is 4. The van der Waals surface area contributed by atoms with Gasteiger partial charge in [0.15, 0.2) is 0 Å². The third-order valence-electron chi connectivity index (χ3n) is 5.21. The van der Waals surface area contributed by atoms with Gasteiger partial charge in [-0.3, -0.25) is 0 Å². The van der Waals surface area contributed by atoms with Crippen LogP contribution in [0.2, 0.25) is 6.04 Å². The summed E-state index contributed by atoms with van der Waals surface area (Å²) in [7, 11) is 2.72. The number of ether oxygens (including phenoxy) is 1. The largest absolute Gasteiger partial charge is 0.500 e. The highest BCUT2D eigenvalue weighted by Gasteiger charge is 2.42. The van der Waals surface area contributed by atoms with E-state index < -0.39 is 8.80 Å². The van der Waals surface area contributed by atoms with E-state index in [4.69, 9.17) is 18.0 Å². The molecule has 4 nitrogen and oxygen atoms in total. The van der Waals surface area contributed by atoms with E-state index in [0.717, 1.165) is 12.7 Å². The van der Waals surface area contributed by atoms with E-state index in [-0.39, 0.29) is 0 Å². The smallest absolute Gasteiger partial charge is 0.377 e. The molecule has 0 bridgehead atoms. The maximum absolute atomic E-state index is 5.58. The van der Waals surface area contributed by atoms with Gasteiger partial charge in [-0.2, -0.15) is 0 Å². The standard InChI is InChI=1S/C15H30O4Si/c1-16-20(17-2,18-3)12-11-15(8-5-4-6-9-15)10-7-14-13-19-14/h14H,4-13H2,1-3H3. The van der Waals surface area contributed by atoms with Crippen LogP contribution in [-0.4, -0.2) is 42.8 Å². The predicted molar refractivity (Wildman–Crippen MR) is 80.7 cm³/mol. The second-order valence-corrected chi connectivity index (χ2v) is 9.44. The minimum Gasteiger partial charge on any atom is -0.377 e. The van der Waals surface area contributed by atoms with Gasteiger partial charge >= 0.3 is 8.80 Å². The van der Waals surface area contributed by atoms with Crippen LogP contribution in [0.25, 0.3) is 0 Å². The molecule has 0 aromatic heterocycles. The van der Waals surface area contributed by atoms with Gasteiger partial charge in [-0.05, 0) is 37.5 Å². The molecular weight excluding hydrogens is 272 g/mol. The summed E-state index contributed by atoms with van der Waals surface area (Å²) < 4.78 is 22.1. The van der Waals surface area contributed by atoms with Crippen LogP contribution in [0.5, 0.6) is 0 Å². The van der Waals surface area contributed by atoms with E-state index in [2.05, 4.69) is 0 Å². The minimum absolute atomic E-state index is 0.470. The van der Waals surface area contributed by atoms with Gasteiger partial charge in [0.2, 0.25) is 0 Å². The first kappa shape index (κ1) is 16.4. The summed E-state index contributed by atoms with van der Waals surface area (Å²) in [5.41, 5.74) is 0.470. The molecule has 1 unspecified atom stereocenters. The van der Waals surface area contributed by atoms with E-state index in [1.807, 2.05) is 0 Å². The van der Waals surface area contributed by atoms with E-state index in [1.165, 1.54) is 51.4 Å². The summed E-state index contributed by atoms with van der Waals surface area (Å²) in [5, 5.41) is 0. The van der Waals surface area contributed by atoms with Crippen molar-refractivity contribution >= 4 is 8.80 Å². The molecular formula is C15H30O4Si. The molecule has 0 amide bonds. The van der Waals surface area contributed by atoms with Gasteiger partial charge in [-0.15, -0.1) is 0 Å². The SMILES string of the molecule is CO[Si](CCC1(CCC2CO2)CCCCC1)(OC)OC. The molecule has 0 spiro atoms. The molecule has 118 valence electrons. The zero-order valence-electron chi connectivity index (χ0n) is 13.3. The Morgan fingerprint density at radius 2 is 1.60 bits per heavy atom. The molecule has 1 aliphatic heterocycles. The molecule has 20 heavy (non-hydrogen) atoms. The van der Waals surface area contributed by atoms with Crippen molar-refractivity contribution in [1.82, 2.24) is 0 Å². The van der Waals surface area contributed by atoms with Gasteiger partial charge in [-0.25, -0.2) is 0 Å². The summed E-state index contributed by atoms with van der Waals surface area (Å²) in [6.45, 7) is 0.975. The highest BCUT2D eigenvalue weighted by Crippen LogP contribution is 2.46. The Morgan fingerprint density at radius 1 is 1.00 bits per heavy atom. The molecule has 0 radical (unpaired) electrons. The van der Waals surface area contributed by atoms with E-state index in [0.29, 0.717) is 11.5 Å². The van der Waals surface area contributed by atoms with Crippen molar-refractivity contribution in [2.75, 3.05) is 27.9 Å². The lowest BCUT2D eigenvalue weighted by atomic mass is 9.69. The van der Waals surface area contributed by atoms with Gasteiger partial charge in [0, 0.05) is 27.4 Å². The average molecular weight is 302 g/mol. The van der Waals surface area contributed by atoms with Crippen molar-refractivity contribution in [2.24, 2.45) is 5.41 Å². The Kier molecular flexibility index (Phi) is 6.04. The third-order valence-corrected chi connectivity index (χ3v) is 7.94. The van der Waals surface area contributed by atoms with E-state index in [1.54, 1.807) is 21.3 Å². The lowest BCUT2D eigenvalue weighted by Gasteiger charge is -2.39. The van der Waals surface area contributed by atoms with Gasteiger partial charge in [-0.1, -0.05) is 19.3 Å². The van der Waals surface area contributed by atoms with Crippen molar-refractivity contribution in [2.45, 2.75) is 63.5 Å². The van der Waals surface area contributed by atoms with E-state index in [9.17, 15) is 0 Å². The first-order valence-corrected chi connectivity index (χ1v) is 9.88. The van der Waals surface area contributed by atoms with Crippen LogP contribution in [0.3, 0.4) is 0 Å². The molecule has 5 heteroatoms. The fourth-order valence-corrected chi connectivity index (χ4v) is 5.55. The first-order valence-electron chi connectivity index (χ1n) is 7.95. The molecule has 0 aromatic rings. The van der Waals surface area contributed by atoms with Crippen molar-refractivity contribution in [1.29, 1.82) is 0 Å². The van der Waals surface area contributed by atoms with Crippen LogP contribution in [0, 0.1) is 5.41 Å². The molecule has 1 heterocycles. The summed E-state index contributed by atoms with van der Waals surface area (Å²) in [4.78, 5) is 0. The lowest BCUT2D eigenvalue weighted by molar-refractivity contribution is 0.104. The van der Waals surface area contributed by atoms with Crippen molar-refractivity contribution in [3.63, 3.8) is 0 Å². The van der Waals surface area contributed by atoms with Crippen LogP contribution in [0.15, 0.2) is 0 Å². The Morgan fingerprint density at radius 3 is 2.10 bits per heavy atom. The van der Waals surface area contributed by atoms with Gasteiger partial charge in [0.1, 0.15) is 0 Å². The number of epoxide rings is 1. The Bertz CT molecular complexity index is 275. The lowest BCUT2D eigenvalue weighted by Crippen LogP contribution is -2.44. The van der Waals surface area contributed by atoms with E-state index >= 15 is 0 Å². The topological polar surface area (TPSA) is 40.2 Å². The first-order chi connectivity index (χ1) is 9.67.